The standard InChI is InChI=1S/C35H37NO4/c1-38-30-12-8-28(9-13-30)34-24-32(39-2)16-17-33(34)35(37)29-10-14-31(15-11-29)40-25-27-19-22-36(23-20-27)21-18-26-6-4-3-5-7-26/h3-17,24,27H,18-23,25H2,1-2H3. The number of carbonyl (C=O) groups excluding carboxylic acids is 1. The maximum absolute atomic E-state index is 13.5. The van der Waals surface area contributed by atoms with Gasteiger partial charge in [-0.3, -0.25) is 4.79 Å². The summed E-state index contributed by atoms with van der Waals surface area (Å²) in [6.45, 7) is 4.06. The van der Waals surface area contributed by atoms with Crippen LogP contribution in [0.1, 0.15) is 34.3 Å². The molecule has 0 spiro atoms. The van der Waals surface area contributed by atoms with E-state index in [-0.39, 0.29) is 5.78 Å². The quantitative estimate of drug-likeness (QED) is 0.195. The molecule has 0 saturated carbocycles. The summed E-state index contributed by atoms with van der Waals surface area (Å²) in [7, 11) is 3.27. The summed E-state index contributed by atoms with van der Waals surface area (Å²) >= 11 is 0. The van der Waals surface area contributed by atoms with Crippen LogP contribution in [0.5, 0.6) is 17.2 Å². The Morgan fingerprint density at radius 1 is 0.775 bits per heavy atom. The Kier molecular flexibility index (Phi) is 9.15. The second kappa shape index (κ2) is 13.3. The third kappa shape index (κ3) is 6.91. The number of piperidine rings is 1. The number of benzene rings is 4. The molecule has 1 fully saturated rings. The van der Waals surface area contributed by atoms with Gasteiger partial charge in [0, 0.05) is 17.7 Å². The van der Waals surface area contributed by atoms with Gasteiger partial charge in [0.25, 0.3) is 0 Å². The van der Waals surface area contributed by atoms with E-state index in [0.717, 1.165) is 61.5 Å². The van der Waals surface area contributed by atoms with Gasteiger partial charge in [0.05, 0.1) is 20.8 Å². The van der Waals surface area contributed by atoms with Crippen molar-refractivity contribution < 1.29 is 19.0 Å². The third-order valence-electron chi connectivity index (χ3n) is 7.74. The lowest BCUT2D eigenvalue weighted by Gasteiger charge is -2.31. The van der Waals surface area contributed by atoms with E-state index in [4.69, 9.17) is 14.2 Å². The van der Waals surface area contributed by atoms with E-state index >= 15 is 0 Å². The van der Waals surface area contributed by atoms with Crippen molar-refractivity contribution in [1.29, 1.82) is 0 Å². The predicted molar refractivity (Wildman–Crippen MR) is 160 cm³/mol. The second-order valence-corrected chi connectivity index (χ2v) is 10.3. The van der Waals surface area contributed by atoms with Crippen molar-refractivity contribution in [3.05, 3.63) is 114 Å². The van der Waals surface area contributed by atoms with Gasteiger partial charge in [-0.05, 0) is 110 Å². The minimum atomic E-state index is -0.0390. The van der Waals surface area contributed by atoms with Crippen LogP contribution in [-0.4, -0.2) is 51.1 Å². The lowest BCUT2D eigenvalue weighted by Crippen LogP contribution is -2.36. The first-order chi connectivity index (χ1) is 19.6. The molecule has 0 aromatic heterocycles. The van der Waals surface area contributed by atoms with E-state index in [1.807, 2.05) is 66.7 Å². The van der Waals surface area contributed by atoms with Crippen molar-refractivity contribution in [3.8, 4) is 28.4 Å². The smallest absolute Gasteiger partial charge is 0.193 e. The first-order valence-electron chi connectivity index (χ1n) is 14.0. The molecule has 0 amide bonds. The van der Waals surface area contributed by atoms with Gasteiger partial charge >= 0.3 is 0 Å². The van der Waals surface area contributed by atoms with Gasteiger partial charge in [-0.2, -0.15) is 0 Å². The molecule has 4 aromatic rings. The number of hydrogen-bond donors (Lipinski definition) is 0. The van der Waals surface area contributed by atoms with E-state index in [0.29, 0.717) is 29.4 Å². The Balaban J connectivity index is 1.16. The van der Waals surface area contributed by atoms with Crippen molar-refractivity contribution in [1.82, 2.24) is 4.90 Å². The van der Waals surface area contributed by atoms with Crippen LogP contribution in [0.4, 0.5) is 0 Å². The van der Waals surface area contributed by atoms with Crippen molar-refractivity contribution in [2.75, 3.05) is 40.5 Å². The molecule has 1 aliphatic heterocycles. The highest BCUT2D eigenvalue weighted by Crippen LogP contribution is 2.31. The maximum atomic E-state index is 13.5. The number of carbonyl (C=O) groups is 1. The summed E-state index contributed by atoms with van der Waals surface area (Å²) in [4.78, 5) is 16.1. The molecule has 0 unspecified atom stereocenters. The van der Waals surface area contributed by atoms with Gasteiger partial charge in [-0.15, -0.1) is 0 Å². The zero-order valence-electron chi connectivity index (χ0n) is 23.3. The molecule has 1 saturated heterocycles. The molecule has 0 bridgehead atoms. The third-order valence-corrected chi connectivity index (χ3v) is 7.74. The van der Waals surface area contributed by atoms with Crippen molar-refractivity contribution in [2.45, 2.75) is 19.3 Å². The molecule has 0 aliphatic carbocycles. The monoisotopic (exact) mass is 535 g/mol. The van der Waals surface area contributed by atoms with Crippen LogP contribution in [0, 0.1) is 5.92 Å². The van der Waals surface area contributed by atoms with Crippen molar-refractivity contribution >= 4 is 5.78 Å². The van der Waals surface area contributed by atoms with E-state index in [1.165, 1.54) is 5.56 Å². The summed E-state index contributed by atoms with van der Waals surface area (Å²) in [5, 5.41) is 0. The topological polar surface area (TPSA) is 48.0 Å². The van der Waals surface area contributed by atoms with E-state index < -0.39 is 0 Å². The first-order valence-corrected chi connectivity index (χ1v) is 14.0. The van der Waals surface area contributed by atoms with Gasteiger partial charge in [-0.25, -0.2) is 0 Å². The molecule has 0 N–H and O–H groups in total. The van der Waals surface area contributed by atoms with Crippen LogP contribution in [0.2, 0.25) is 0 Å². The second-order valence-electron chi connectivity index (χ2n) is 10.3. The van der Waals surface area contributed by atoms with Crippen LogP contribution < -0.4 is 14.2 Å². The molecule has 206 valence electrons. The van der Waals surface area contributed by atoms with Crippen LogP contribution >= 0.6 is 0 Å². The number of methoxy groups -OCH3 is 2. The van der Waals surface area contributed by atoms with Crippen LogP contribution in [0.15, 0.2) is 97.1 Å². The highest BCUT2D eigenvalue weighted by Gasteiger charge is 2.20. The number of likely N-dealkylation sites (tertiary alicyclic amines) is 1. The largest absolute Gasteiger partial charge is 0.497 e. The predicted octanol–water partition coefficient (Wildman–Crippen LogP) is 6.94. The molecular weight excluding hydrogens is 498 g/mol. The summed E-state index contributed by atoms with van der Waals surface area (Å²) in [5.74, 6) is 2.79. The maximum Gasteiger partial charge on any atom is 0.193 e. The SMILES string of the molecule is COc1ccc(-c2cc(OC)ccc2C(=O)c2ccc(OCC3CCN(CCc4ccccc4)CC3)cc2)cc1. The zero-order valence-corrected chi connectivity index (χ0v) is 23.3. The van der Waals surface area contributed by atoms with Gasteiger partial charge in [0.15, 0.2) is 5.78 Å². The Labute approximate surface area is 237 Å². The molecule has 5 nitrogen and oxygen atoms in total. The Hall–Kier alpha value is -4.09. The lowest BCUT2D eigenvalue weighted by molar-refractivity contribution is 0.103. The normalized spacial score (nSPS) is 14.1. The number of hydrogen-bond acceptors (Lipinski definition) is 5. The average molecular weight is 536 g/mol. The van der Waals surface area contributed by atoms with Crippen LogP contribution in [-0.2, 0) is 6.42 Å². The van der Waals surface area contributed by atoms with Crippen molar-refractivity contribution in [3.63, 3.8) is 0 Å². The van der Waals surface area contributed by atoms with Gasteiger partial charge in [-0.1, -0.05) is 42.5 Å². The van der Waals surface area contributed by atoms with Gasteiger partial charge in [0.2, 0.25) is 0 Å². The molecular formula is C35H37NO4. The Morgan fingerprint density at radius 2 is 1.43 bits per heavy atom. The number of nitrogens with zero attached hydrogens (tertiary/aromatic N) is 1. The zero-order chi connectivity index (χ0) is 27.7. The molecule has 4 aromatic carbocycles. The van der Waals surface area contributed by atoms with Gasteiger partial charge in [0.1, 0.15) is 17.2 Å². The minimum absolute atomic E-state index is 0.0390. The molecule has 40 heavy (non-hydrogen) atoms. The van der Waals surface area contributed by atoms with E-state index in [9.17, 15) is 4.79 Å². The number of ketones is 1. The van der Waals surface area contributed by atoms with E-state index in [1.54, 1.807) is 14.2 Å². The molecule has 1 aliphatic rings. The fourth-order valence-electron chi connectivity index (χ4n) is 5.24. The van der Waals surface area contributed by atoms with E-state index in [2.05, 4.69) is 35.2 Å². The molecule has 5 rings (SSSR count). The lowest BCUT2D eigenvalue weighted by atomic mass is 9.93. The summed E-state index contributed by atoms with van der Waals surface area (Å²) in [5.41, 5.74) is 4.40. The number of ether oxygens (including phenoxy) is 3. The van der Waals surface area contributed by atoms with Crippen LogP contribution in [0.25, 0.3) is 11.1 Å². The minimum Gasteiger partial charge on any atom is -0.497 e. The summed E-state index contributed by atoms with van der Waals surface area (Å²) < 4.78 is 16.9. The fraction of sp³-hybridized carbons (Fsp3) is 0.286. The Bertz CT molecular complexity index is 1380. The molecule has 0 radical (unpaired) electrons. The molecule has 0 atom stereocenters. The first kappa shape index (κ1) is 27.5. The summed E-state index contributed by atoms with van der Waals surface area (Å²) in [6, 6.07) is 31.5. The average Bonchev–Trinajstić information content (AvgIpc) is 3.03. The van der Waals surface area contributed by atoms with Crippen LogP contribution in [0.3, 0.4) is 0 Å². The molecule has 1 heterocycles. The highest BCUT2D eigenvalue weighted by molar-refractivity contribution is 6.13. The Morgan fingerprint density at radius 3 is 2.10 bits per heavy atom. The fourth-order valence-corrected chi connectivity index (χ4v) is 5.24. The summed E-state index contributed by atoms with van der Waals surface area (Å²) in [6.07, 6.45) is 3.40. The highest BCUT2D eigenvalue weighted by atomic mass is 16.5. The van der Waals surface area contributed by atoms with Crippen molar-refractivity contribution in [2.24, 2.45) is 5.92 Å². The van der Waals surface area contributed by atoms with Gasteiger partial charge < -0.3 is 19.1 Å². The number of rotatable bonds is 11. The molecule has 5 heteroatoms.